The molecule has 0 aromatic heterocycles. The molecule has 3 heterocycles. The van der Waals surface area contributed by atoms with E-state index in [0.717, 1.165) is 23.2 Å². The van der Waals surface area contributed by atoms with E-state index in [1.54, 1.807) is 23.7 Å². The van der Waals surface area contributed by atoms with Crippen LogP contribution in [0.4, 0.5) is 5.69 Å². The van der Waals surface area contributed by atoms with Crippen molar-refractivity contribution in [2.75, 3.05) is 19.0 Å². The Bertz CT molecular complexity index is 944. The first-order chi connectivity index (χ1) is 15.1. The van der Waals surface area contributed by atoms with E-state index < -0.39 is 28.7 Å². The highest BCUT2D eigenvalue weighted by Gasteiger charge is 2.77. The molecule has 3 amide bonds. The van der Waals surface area contributed by atoms with Crippen molar-refractivity contribution in [2.24, 2.45) is 11.8 Å². The summed E-state index contributed by atoms with van der Waals surface area (Å²) in [5, 5.41) is 15.9. The van der Waals surface area contributed by atoms with Crippen LogP contribution >= 0.6 is 11.8 Å². The standard InChI is InChI=1S/C24H33N3O4S/c1-6-15(12-28)27-19(21(30)26-18-13(2)8-7-9-14(18)3)24-11-10-23(4,32-24)16(20(29)25-5)17(24)22(27)31/h7-9,15-17,19,28H,6,10-12H2,1-5H3,(H,25,29)(H,26,30)/t15-,16-,17-,19?,23+,24?/m0/s1. The second kappa shape index (κ2) is 8.06. The van der Waals surface area contributed by atoms with E-state index in [2.05, 4.69) is 10.6 Å². The largest absolute Gasteiger partial charge is 0.394 e. The number of likely N-dealkylation sites (tertiary alicyclic amines) is 1. The number of para-hydroxylation sites is 1. The topological polar surface area (TPSA) is 98.7 Å². The fraction of sp³-hybridized carbons (Fsp3) is 0.625. The minimum absolute atomic E-state index is 0.146. The number of aliphatic hydroxyl groups excluding tert-OH is 1. The Morgan fingerprint density at radius 3 is 2.47 bits per heavy atom. The van der Waals surface area contributed by atoms with E-state index in [9.17, 15) is 19.5 Å². The number of aliphatic hydroxyl groups is 1. The van der Waals surface area contributed by atoms with Crippen LogP contribution in [-0.2, 0) is 14.4 Å². The number of nitrogens with zero attached hydrogens (tertiary/aromatic N) is 1. The van der Waals surface area contributed by atoms with Gasteiger partial charge in [0.1, 0.15) is 6.04 Å². The molecule has 7 nitrogen and oxygen atoms in total. The summed E-state index contributed by atoms with van der Waals surface area (Å²) in [6.07, 6.45) is 2.00. The fourth-order valence-corrected chi connectivity index (χ4v) is 8.57. The molecule has 0 saturated carbocycles. The predicted octanol–water partition coefficient (Wildman–Crippen LogP) is 2.24. The van der Waals surface area contributed by atoms with E-state index in [-0.39, 0.29) is 29.1 Å². The van der Waals surface area contributed by atoms with Gasteiger partial charge in [0.25, 0.3) is 0 Å². The molecule has 2 bridgehead atoms. The number of thioether (sulfide) groups is 1. The zero-order valence-corrected chi connectivity index (χ0v) is 20.2. The van der Waals surface area contributed by atoms with Crippen LogP contribution in [0.5, 0.6) is 0 Å². The van der Waals surface area contributed by atoms with Crippen LogP contribution in [0.15, 0.2) is 18.2 Å². The summed E-state index contributed by atoms with van der Waals surface area (Å²) in [5.41, 5.74) is 2.67. The lowest BCUT2D eigenvalue weighted by Gasteiger charge is -2.37. The summed E-state index contributed by atoms with van der Waals surface area (Å²) in [5.74, 6) is -1.62. The maximum atomic E-state index is 13.9. The average Bonchev–Trinajstić information content (AvgIpc) is 3.32. The van der Waals surface area contributed by atoms with Crippen LogP contribution in [0.2, 0.25) is 0 Å². The molecule has 3 aliphatic rings. The van der Waals surface area contributed by atoms with Gasteiger partial charge in [0.2, 0.25) is 17.7 Å². The van der Waals surface area contributed by atoms with Gasteiger partial charge in [0.15, 0.2) is 0 Å². The number of hydrogen-bond acceptors (Lipinski definition) is 5. The molecule has 1 aromatic carbocycles. The highest BCUT2D eigenvalue weighted by atomic mass is 32.2. The first-order valence-electron chi connectivity index (χ1n) is 11.4. The number of aryl methyl sites for hydroxylation is 2. The van der Waals surface area contributed by atoms with Gasteiger partial charge in [-0.3, -0.25) is 14.4 Å². The lowest BCUT2D eigenvalue weighted by molar-refractivity contribution is -0.142. The van der Waals surface area contributed by atoms with E-state index in [1.807, 2.05) is 45.9 Å². The molecule has 174 valence electrons. The molecule has 32 heavy (non-hydrogen) atoms. The van der Waals surface area contributed by atoms with Gasteiger partial charge >= 0.3 is 0 Å². The van der Waals surface area contributed by atoms with Crippen LogP contribution in [0.1, 0.15) is 44.2 Å². The van der Waals surface area contributed by atoms with Gasteiger partial charge in [-0.1, -0.05) is 25.1 Å². The molecule has 6 atom stereocenters. The first-order valence-corrected chi connectivity index (χ1v) is 12.2. The molecule has 3 saturated heterocycles. The number of amides is 3. The summed E-state index contributed by atoms with van der Waals surface area (Å²) < 4.78 is -1.06. The lowest BCUT2D eigenvalue weighted by Crippen LogP contribution is -2.54. The van der Waals surface area contributed by atoms with Gasteiger partial charge in [-0.25, -0.2) is 0 Å². The summed E-state index contributed by atoms with van der Waals surface area (Å²) in [6.45, 7) is 7.63. The van der Waals surface area contributed by atoms with Crippen LogP contribution in [0, 0.1) is 25.7 Å². The molecule has 0 aliphatic carbocycles. The van der Waals surface area contributed by atoms with Gasteiger partial charge in [0.05, 0.1) is 29.2 Å². The van der Waals surface area contributed by atoms with E-state index >= 15 is 0 Å². The minimum Gasteiger partial charge on any atom is -0.394 e. The molecule has 8 heteroatoms. The second-order valence-electron chi connectivity index (χ2n) is 9.59. The zero-order valence-electron chi connectivity index (χ0n) is 19.4. The first kappa shape index (κ1) is 23.1. The van der Waals surface area contributed by atoms with Gasteiger partial charge in [-0.2, -0.15) is 0 Å². The van der Waals surface area contributed by atoms with Crippen molar-refractivity contribution in [3.05, 3.63) is 29.3 Å². The normalized spacial score (nSPS) is 33.9. The third-order valence-electron chi connectivity index (χ3n) is 7.80. The predicted molar refractivity (Wildman–Crippen MR) is 125 cm³/mol. The highest BCUT2D eigenvalue weighted by Crippen LogP contribution is 2.71. The lowest BCUT2D eigenvalue weighted by atomic mass is 9.66. The number of hydrogen-bond donors (Lipinski definition) is 3. The Hall–Kier alpha value is -2.06. The van der Waals surface area contributed by atoms with Crippen molar-refractivity contribution in [3.63, 3.8) is 0 Å². The third kappa shape index (κ3) is 3.10. The van der Waals surface area contributed by atoms with Crippen molar-refractivity contribution < 1.29 is 19.5 Å². The number of anilines is 1. The van der Waals surface area contributed by atoms with Crippen molar-refractivity contribution in [1.29, 1.82) is 0 Å². The zero-order chi connectivity index (χ0) is 23.4. The van der Waals surface area contributed by atoms with Crippen molar-refractivity contribution in [1.82, 2.24) is 10.2 Å². The molecular weight excluding hydrogens is 426 g/mol. The number of carbonyl (C=O) groups excluding carboxylic acids is 3. The highest BCUT2D eigenvalue weighted by molar-refractivity contribution is 8.02. The van der Waals surface area contributed by atoms with E-state index in [4.69, 9.17) is 0 Å². The maximum absolute atomic E-state index is 13.9. The summed E-state index contributed by atoms with van der Waals surface area (Å²) in [6, 6.07) is 4.64. The second-order valence-corrected chi connectivity index (χ2v) is 11.5. The Morgan fingerprint density at radius 1 is 1.25 bits per heavy atom. The molecule has 4 rings (SSSR count). The number of fused-ring (bicyclic) bond motifs is 1. The Balaban J connectivity index is 1.81. The SMILES string of the molecule is CC[C@@H](CO)N1C(=O)[C@@H]2[C@@H](C(=O)NC)[C@@]3(C)CCC2(S3)C1C(=O)Nc1c(C)cccc1C. The number of benzene rings is 1. The van der Waals surface area contributed by atoms with Crippen molar-refractivity contribution >= 4 is 35.2 Å². The fourth-order valence-electron chi connectivity index (χ4n) is 6.23. The Morgan fingerprint density at radius 2 is 1.91 bits per heavy atom. The molecule has 3 fully saturated rings. The van der Waals surface area contributed by atoms with Gasteiger partial charge in [-0.15, -0.1) is 11.8 Å². The molecule has 3 N–H and O–H groups in total. The summed E-state index contributed by atoms with van der Waals surface area (Å²) in [4.78, 5) is 42.3. The van der Waals surface area contributed by atoms with Crippen LogP contribution in [0.3, 0.4) is 0 Å². The molecular formula is C24H33N3O4S. The van der Waals surface area contributed by atoms with Crippen LogP contribution < -0.4 is 10.6 Å². The van der Waals surface area contributed by atoms with Crippen molar-refractivity contribution in [3.8, 4) is 0 Å². The van der Waals surface area contributed by atoms with Gasteiger partial charge in [-0.05, 0) is 51.2 Å². The molecule has 1 spiro atoms. The number of carbonyl (C=O) groups is 3. The van der Waals surface area contributed by atoms with Crippen LogP contribution in [0.25, 0.3) is 0 Å². The summed E-state index contributed by atoms with van der Waals surface area (Å²) in [7, 11) is 1.60. The van der Waals surface area contributed by atoms with E-state index in [0.29, 0.717) is 12.8 Å². The van der Waals surface area contributed by atoms with E-state index in [1.165, 1.54) is 0 Å². The Labute approximate surface area is 193 Å². The quantitative estimate of drug-likeness (QED) is 0.606. The monoisotopic (exact) mass is 459 g/mol. The summed E-state index contributed by atoms with van der Waals surface area (Å²) >= 11 is 1.64. The smallest absolute Gasteiger partial charge is 0.248 e. The minimum atomic E-state index is -0.738. The molecule has 1 aromatic rings. The maximum Gasteiger partial charge on any atom is 0.248 e. The molecule has 3 aliphatic heterocycles. The number of rotatable bonds is 6. The van der Waals surface area contributed by atoms with Crippen LogP contribution in [-0.4, -0.2) is 63.0 Å². The number of nitrogens with one attached hydrogen (secondary N) is 2. The average molecular weight is 460 g/mol. The Kier molecular flexibility index (Phi) is 5.82. The molecule has 2 unspecified atom stereocenters. The van der Waals surface area contributed by atoms with Gasteiger partial charge in [0, 0.05) is 17.5 Å². The third-order valence-corrected chi connectivity index (χ3v) is 9.78. The molecule has 0 radical (unpaired) electrons. The van der Waals surface area contributed by atoms with Crippen molar-refractivity contribution in [2.45, 2.75) is 68.5 Å². The van der Waals surface area contributed by atoms with Gasteiger partial charge < -0.3 is 20.6 Å².